The zero-order chi connectivity index (χ0) is 17.1. The highest BCUT2D eigenvalue weighted by Crippen LogP contribution is 2.35. The van der Waals surface area contributed by atoms with Crippen LogP contribution in [0.25, 0.3) is 0 Å². The maximum absolute atomic E-state index is 12.4. The zero-order valence-corrected chi connectivity index (χ0v) is 14.8. The van der Waals surface area contributed by atoms with Crippen LogP contribution < -0.4 is 5.32 Å². The number of piperidine rings is 1. The average Bonchev–Trinajstić information content (AvgIpc) is 2.61. The van der Waals surface area contributed by atoms with Crippen molar-refractivity contribution in [3.05, 3.63) is 34.9 Å². The normalized spacial score (nSPS) is 23.5. The van der Waals surface area contributed by atoms with Crippen LogP contribution in [0.15, 0.2) is 18.2 Å². The Morgan fingerprint density at radius 2 is 1.83 bits per heavy atom. The van der Waals surface area contributed by atoms with E-state index in [0.29, 0.717) is 11.5 Å². The molecule has 0 aromatic heterocycles. The molecule has 0 spiro atoms. The van der Waals surface area contributed by atoms with E-state index in [1.165, 1.54) is 25.7 Å². The van der Waals surface area contributed by atoms with E-state index < -0.39 is 0 Å². The number of nitrogens with zero attached hydrogens (tertiary/aromatic N) is 1. The van der Waals surface area contributed by atoms with Gasteiger partial charge in [-0.15, -0.1) is 0 Å². The van der Waals surface area contributed by atoms with Gasteiger partial charge in [0.2, 0.25) is 5.91 Å². The van der Waals surface area contributed by atoms with Crippen molar-refractivity contribution in [1.82, 2.24) is 10.2 Å². The summed E-state index contributed by atoms with van der Waals surface area (Å²) in [6.45, 7) is 5.84. The van der Waals surface area contributed by atoms with Crippen LogP contribution in [0, 0.1) is 25.7 Å². The molecule has 1 aliphatic carbocycles. The lowest BCUT2D eigenvalue weighted by molar-refractivity contribution is -0.133. The Hall–Kier alpha value is -1.84. The minimum absolute atomic E-state index is 0.0520. The number of nitrogens with one attached hydrogen (secondary N) is 1. The average molecular weight is 328 g/mol. The van der Waals surface area contributed by atoms with Crippen LogP contribution in [0.5, 0.6) is 0 Å². The van der Waals surface area contributed by atoms with Gasteiger partial charge in [-0.1, -0.05) is 25.3 Å². The maximum Gasteiger partial charge on any atom is 0.251 e. The summed E-state index contributed by atoms with van der Waals surface area (Å²) in [5.41, 5.74) is 2.88. The first kappa shape index (κ1) is 17.0. The number of fused-ring (bicyclic) bond motifs is 1. The SMILES string of the molecule is Cc1ccc(C(=O)NCC(=O)N2CC[C@H]3CCCC[C@@H]3C2)cc1C. The maximum atomic E-state index is 12.4. The van der Waals surface area contributed by atoms with Crippen molar-refractivity contribution in [2.45, 2.75) is 46.0 Å². The third-order valence-electron chi connectivity index (χ3n) is 5.81. The van der Waals surface area contributed by atoms with Crippen LogP contribution in [0.2, 0.25) is 0 Å². The van der Waals surface area contributed by atoms with E-state index in [2.05, 4.69) is 5.32 Å². The van der Waals surface area contributed by atoms with Gasteiger partial charge >= 0.3 is 0 Å². The number of likely N-dealkylation sites (tertiary alicyclic amines) is 1. The first-order valence-electron chi connectivity index (χ1n) is 9.18. The molecule has 1 saturated carbocycles. The lowest BCUT2D eigenvalue weighted by atomic mass is 9.75. The Labute approximate surface area is 144 Å². The number of benzene rings is 1. The van der Waals surface area contributed by atoms with Crippen LogP contribution in [0.3, 0.4) is 0 Å². The third-order valence-corrected chi connectivity index (χ3v) is 5.81. The molecule has 2 aliphatic rings. The molecule has 0 radical (unpaired) electrons. The lowest BCUT2D eigenvalue weighted by Gasteiger charge is -2.41. The highest BCUT2D eigenvalue weighted by Gasteiger charge is 2.32. The van der Waals surface area contributed by atoms with E-state index in [4.69, 9.17) is 0 Å². The molecule has 2 fully saturated rings. The van der Waals surface area contributed by atoms with Gasteiger partial charge in [0.25, 0.3) is 5.91 Å². The molecule has 1 aliphatic heterocycles. The molecule has 1 N–H and O–H groups in total. The molecule has 1 heterocycles. The summed E-state index contributed by atoms with van der Waals surface area (Å²) < 4.78 is 0. The summed E-state index contributed by atoms with van der Waals surface area (Å²) in [5.74, 6) is 1.37. The Morgan fingerprint density at radius 1 is 1.08 bits per heavy atom. The van der Waals surface area contributed by atoms with Gasteiger partial charge in [0.15, 0.2) is 0 Å². The Kier molecular flexibility index (Phi) is 5.22. The second-order valence-electron chi connectivity index (χ2n) is 7.41. The number of carbonyl (C=O) groups excluding carboxylic acids is 2. The highest BCUT2D eigenvalue weighted by molar-refractivity contribution is 5.96. The molecule has 0 unspecified atom stereocenters. The van der Waals surface area contributed by atoms with Gasteiger partial charge in [-0.2, -0.15) is 0 Å². The molecule has 24 heavy (non-hydrogen) atoms. The van der Waals surface area contributed by atoms with E-state index in [9.17, 15) is 9.59 Å². The Balaban J connectivity index is 1.51. The van der Waals surface area contributed by atoms with Crippen LogP contribution in [0.1, 0.15) is 53.6 Å². The summed E-state index contributed by atoms with van der Waals surface area (Å²) in [6.07, 6.45) is 6.36. The van der Waals surface area contributed by atoms with E-state index in [-0.39, 0.29) is 18.4 Å². The second kappa shape index (κ2) is 7.37. The topological polar surface area (TPSA) is 49.4 Å². The van der Waals surface area contributed by atoms with Crippen molar-refractivity contribution in [3.63, 3.8) is 0 Å². The summed E-state index contributed by atoms with van der Waals surface area (Å²) >= 11 is 0. The van der Waals surface area contributed by atoms with Gasteiger partial charge in [-0.25, -0.2) is 0 Å². The van der Waals surface area contributed by atoms with Crippen LogP contribution >= 0.6 is 0 Å². The predicted molar refractivity (Wildman–Crippen MR) is 94.9 cm³/mol. The Morgan fingerprint density at radius 3 is 2.58 bits per heavy atom. The van der Waals surface area contributed by atoms with E-state index >= 15 is 0 Å². The molecule has 2 amide bonds. The molecule has 4 heteroatoms. The fraction of sp³-hybridized carbons (Fsp3) is 0.600. The van der Waals surface area contributed by atoms with Gasteiger partial charge in [0, 0.05) is 18.7 Å². The molecule has 1 saturated heterocycles. The van der Waals surface area contributed by atoms with Crippen molar-refractivity contribution in [1.29, 1.82) is 0 Å². The molecule has 0 bridgehead atoms. The van der Waals surface area contributed by atoms with Crippen molar-refractivity contribution in [2.75, 3.05) is 19.6 Å². The van der Waals surface area contributed by atoms with Crippen LogP contribution in [-0.4, -0.2) is 36.3 Å². The van der Waals surface area contributed by atoms with Crippen molar-refractivity contribution >= 4 is 11.8 Å². The first-order valence-corrected chi connectivity index (χ1v) is 9.18. The first-order chi connectivity index (χ1) is 11.5. The smallest absolute Gasteiger partial charge is 0.251 e. The molecular weight excluding hydrogens is 300 g/mol. The molecule has 130 valence electrons. The van der Waals surface area contributed by atoms with Crippen molar-refractivity contribution in [3.8, 4) is 0 Å². The predicted octanol–water partition coefficient (Wildman–Crippen LogP) is 3.07. The van der Waals surface area contributed by atoms with Crippen LogP contribution in [-0.2, 0) is 4.79 Å². The molecule has 1 aromatic carbocycles. The van der Waals surface area contributed by atoms with Gasteiger partial charge in [0.05, 0.1) is 6.54 Å². The minimum Gasteiger partial charge on any atom is -0.343 e. The fourth-order valence-corrected chi connectivity index (χ4v) is 4.08. The molecular formula is C20H28N2O2. The molecule has 2 atom stereocenters. The fourth-order valence-electron chi connectivity index (χ4n) is 4.08. The number of hydrogen-bond acceptors (Lipinski definition) is 2. The number of aryl methyl sites for hydroxylation is 2. The zero-order valence-electron chi connectivity index (χ0n) is 14.8. The Bertz CT molecular complexity index is 626. The number of hydrogen-bond donors (Lipinski definition) is 1. The lowest BCUT2D eigenvalue weighted by Crippen LogP contribution is -2.48. The van der Waals surface area contributed by atoms with Crippen molar-refractivity contribution < 1.29 is 9.59 Å². The summed E-state index contributed by atoms with van der Waals surface area (Å²) in [5, 5.41) is 2.78. The van der Waals surface area contributed by atoms with Crippen LogP contribution in [0.4, 0.5) is 0 Å². The number of amides is 2. The molecule has 3 rings (SSSR count). The van der Waals surface area contributed by atoms with Gasteiger partial charge in [0.1, 0.15) is 0 Å². The van der Waals surface area contributed by atoms with E-state index in [1.807, 2.05) is 36.9 Å². The summed E-state index contributed by atoms with van der Waals surface area (Å²) in [7, 11) is 0. The number of rotatable bonds is 3. The van der Waals surface area contributed by atoms with Gasteiger partial charge in [-0.05, 0) is 61.8 Å². The largest absolute Gasteiger partial charge is 0.343 e. The standard InChI is InChI=1S/C20H28N2O2/c1-14-7-8-17(11-15(14)2)20(24)21-12-19(23)22-10-9-16-5-3-4-6-18(16)13-22/h7-8,11,16,18H,3-6,9-10,12-13H2,1-2H3,(H,21,24)/t16-,18-/m1/s1. The van der Waals surface area contributed by atoms with E-state index in [1.54, 1.807) is 0 Å². The quantitative estimate of drug-likeness (QED) is 0.927. The number of carbonyl (C=O) groups is 2. The molecule has 4 nitrogen and oxygen atoms in total. The highest BCUT2D eigenvalue weighted by atomic mass is 16.2. The summed E-state index contributed by atoms with van der Waals surface area (Å²) in [4.78, 5) is 26.6. The van der Waals surface area contributed by atoms with Gasteiger partial charge in [-0.3, -0.25) is 9.59 Å². The second-order valence-corrected chi connectivity index (χ2v) is 7.41. The summed E-state index contributed by atoms with van der Waals surface area (Å²) in [6, 6.07) is 5.64. The monoisotopic (exact) mass is 328 g/mol. The van der Waals surface area contributed by atoms with Crippen molar-refractivity contribution in [2.24, 2.45) is 11.8 Å². The minimum atomic E-state index is -0.168. The third kappa shape index (κ3) is 3.80. The van der Waals surface area contributed by atoms with E-state index in [0.717, 1.165) is 36.6 Å². The van der Waals surface area contributed by atoms with Gasteiger partial charge < -0.3 is 10.2 Å². The molecule has 1 aromatic rings.